The van der Waals surface area contributed by atoms with Crippen LogP contribution < -0.4 is 51.4 Å². The second kappa shape index (κ2) is 9.89. The fourth-order valence-corrected chi connectivity index (χ4v) is 12.6. The molecule has 0 bridgehead atoms. The first-order chi connectivity index (χ1) is 6.77. The van der Waals surface area contributed by atoms with Gasteiger partial charge in [-0.15, -0.1) is 0 Å². The van der Waals surface area contributed by atoms with Crippen LogP contribution in [0.1, 0.15) is 55.4 Å². The van der Waals surface area contributed by atoms with Crippen molar-refractivity contribution in [3.05, 3.63) is 4.65 Å². The Labute approximate surface area is 149 Å². The Balaban J connectivity index is 0. The van der Waals surface area contributed by atoms with Crippen LogP contribution >= 0.6 is 0 Å². The molecule has 0 radical (unpaired) electrons. The van der Waals surface area contributed by atoms with Gasteiger partial charge >= 0.3 is 51.4 Å². The van der Waals surface area contributed by atoms with E-state index in [2.05, 4.69) is 55.4 Å². The summed E-state index contributed by atoms with van der Waals surface area (Å²) in [6.45, 7) is 18.9. The van der Waals surface area contributed by atoms with Gasteiger partial charge in [0.25, 0.3) is 0 Å². The van der Waals surface area contributed by atoms with Gasteiger partial charge in [0.1, 0.15) is 0 Å². The van der Waals surface area contributed by atoms with Crippen molar-refractivity contribution in [1.29, 1.82) is 0 Å². The van der Waals surface area contributed by atoms with Gasteiger partial charge in [0.05, 0.1) is 0 Å². The van der Waals surface area contributed by atoms with Crippen LogP contribution in [-0.4, -0.2) is 17.9 Å². The standard InChI is InChI=1S/C12H30NSi2.K/c1-9(2)14(10(3)4)13-15(11(5)6)12(7)8;/h9-12,14-15H,1-8H3;/q-1;+1. The molecule has 0 aliphatic heterocycles. The molecule has 0 fully saturated rings. The molecule has 16 heavy (non-hydrogen) atoms. The van der Waals surface area contributed by atoms with E-state index in [0.29, 0.717) is 0 Å². The van der Waals surface area contributed by atoms with E-state index in [1.165, 1.54) is 0 Å². The van der Waals surface area contributed by atoms with E-state index < -0.39 is 17.9 Å². The molecule has 0 unspecified atom stereocenters. The predicted molar refractivity (Wildman–Crippen MR) is 78.0 cm³/mol. The molecule has 0 aliphatic rings. The van der Waals surface area contributed by atoms with Crippen molar-refractivity contribution in [3.8, 4) is 0 Å². The first-order valence-electron chi connectivity index (χ1n) is 6.47. The van der Waals surface area contributed by atoms with Crippen LogP contribution in [0.15, 0.2) is 0 Å². The summed E-state index contributed by atoms with van der Waals surface area (Å²) in [5, 5.41) is 0. The summed E-state index contributed by atoms with van der Waals surface area (Å²) >= 11 is 0. The molecule has 0 saturated carbocycles. The van der Waals surface area contributed by atoms with Crippen molar-refractivity contribution in [2.75, 3.05) is 0 Å². The van der Waals surface area contributed by atoms with Crippen LogP contribution in [0.5, 0.6) is 0 Å². The van der Waals surface area contributed by atoms with Gasteiger partial charge in [-0.2, -0.15) is 0 Å². The van der Waals surface area contributed by atoms with Gasteiger partial charge in [0.15, 0.2) is 0 Å². The van der Waals surface area contributed by atoms with E-state index >= 15 is 0 Å². The Morgan fingerprint density at radius 1 is 0.562 bits per heavy atom. The van der Waals surface area contributed by atoms with Crippen molar-refractivity contribution in [2.45, 2.75) is 77.6 Å². The summed E-state index contributed by atoms with van der Waals surface area (Å²) in [5.74, 6) is 0. The second-order valence-electron chi connectivity index (χ2n) is 6.11. The molecular formula is C12H30KNSi2. The number of hydrogen-bond acceptors (Lipinski definition) is 0. The van der Waals surface area contributed by atoms with Gasteiger partial charge in [-0.05, 0) is 0 Å². The van der Waals surface area contributed by atoms with Crippen LogP contribution in [0, 0.1) is 0 Å². The van der Waals surface area contributed by atoms with Gasteiger partial charge in [-0.25, -0.2) is 0 Å². The maximum Gasteiger partial charge on any atom is 1.00 e. The fourth-order valence-electron chi connectivity index (χ4n) is 2.43. The predicted octanol–water partition coefficient (Wildman–Crippen LogP) is 1.45. The van der Waals surface area contributed by atoms with Gasteiger partial charge < -0.3 is 4.65 Å². The van der Waals surface area contributed by atoms with E-state index in [1.807, 2.05) is 0 Å². The van der Waals surface area contributed by atoms with Crippen molar-refractivity contribution in [3.63, 3.8) is 0 Å². The SMILES string of the molecule is CC(C)[SiH]([N-][SiH](C(C)C)C(C)C)C(C)C.[K+]. The minimum atomic E-state index is -0.864. The van der Waals surface area contributed by atoms with Crippen LogP contribution in [-0.2, 0) is 0 Å². The Hall–Kier alpha value is 2.03. The number of rotatable bonds is 6. The second-order valence-corrected chi connectivity index (χ2v) is 14.6. The van der Waals surface area contributed by atoms with Crippen LogP contribution in [0.25, 0.3) is 4.65 Å². The Morgan fingerprint density at radius 3 is 0.875 bits per heavy atom. The van der Waals surface area contributed by atoms with Gasteiger partial charge in [-0.1, -0.05) is 95.5 Å². The van der Waals surface area contributed by atoms with Crippen molar-refractivity contribution in [1.82, 2.24) is 0 Å². The first-order valence-corrected chi connectivity index (χ1v) is 10.2. The zero-order valence-corrected chi connectivity index (χ0v) is 18.3. The monoisotopic (exact) mass is 283 g/mol. The van der Waals surface area contributed by atoms with Crippen molar-refractivity contribution < 1.29 is 51.4 Å². The molecule has 92 valence electrons. The fraction of sp³-hybridized carbons (Fsp3) is 1.00. The molecule has 0 aromatic rings. The molecule has 0 saturated heterocycles. The summed E-state index contributed by atoms with van der Waals surface area (Å²) in [6.07, 6.45) is 0. The molecule has 0 N–H and O–H groups in total. The number of hydrogen-bond donors (Lipinski definition) is 0. The third kappa shape index (κ3) is 7.46. The average Bonchev–Trinajstić information content (AvgIpc) is 2.01. The topological polar surface area (TPSA) is 14.1 Å². The van der Waals surface area contributed by atoms with Gasteiger partial charge in [0.2, 0.25) is 0 Å². The largest absolute Gasteiger partial charge is 1.00 e. The van der Waals surface area contributed by atoms with Gasteiger partial charge in [0, 0.05) is 0 Å². The van der Waals surface area contributed by atoms with E-state index in [4.69, 9.17) is 4.65 Å². The summed E-state index contributed by atoms with van der Waals surface area (Å²) < 4.78 is 5.35. The molecule has 0 heterocycles. The summed E-state index contributed by atoms with van der Waals surface area (Å²) in [7, 11) is -1.73. The van der Waals surface area contributed by atoms with Crippen LogP contribution in [0.4, 0.5) is 0 Å². The molecule has 4 heteroatoms. The zero-order chi connectivity index (χ0) is 12.2. The Bertz CT molecular complexity index is 138. The van der Waals surface area contributed by atoms with Gasteiger partial charge in [-0.3, -0.25) is 0 Å². The molecule has 0 aromatic carbocycles. The molecular weight excluding hydrogens is 253 g/mol. The minimum absolute atomic E-state index is 0. The van der Waals surface area contributed by atoms with E-state index in [9.17, 15) is 0 Å². The molecule has 0 aliphatic carbocycles. The Morgan fingerprint density at radius 2 is 0.750 bits per heavy atom. The van der Waals surface area contributed by atoms with E-state index in [1.54, 1.807) is 0 Å². The first kappa shape index (κ1) is 20.3. The summed E-state index contributed by atoms with van der Waals surface area (Å²) in [6, 6.07) is 0. The zero-order valence-electron chi connectivity index (χ0n) is 12.9. The van der Waals surface area contributed by atoms with Crippen molar-refractivity contribution in [2.24, 2.45) is 0 Å². The molecule has 0 atom stereocenters. The third-order valence-electron chi connectivity index (χ3n) is 3.08. The van der Waals surface area contributed by atoms with Crippen molar-refractivity contribution >= 4 is 17.9 Å². The maximum absolute atomic E-state index is 5.35. The molecule has 0 rings (SSSR count). The van der Waals surface area contributed by atoms with E-state index in [0.717, 1.165) is 22.2 Å². The Kier molecular flexibility index (Phi) is 12.6. The van der Waals surface area contributed by atoms with Crippen LogP contribution in [0.2, 0.25) is 22.2 Å². The summed E-state index contributed by atoms with van der Waals surface area (Å²) in [5.41, 5.74) is 3.32. The molecule has 0 spiro atoms. The van der Waals surface area contributed by atoms with Crippen LogP contribution in [0.3, 0.4) is 0 Å². The molecule has 0 amide bonds. The molecule has 1 nitrogen and oxygen atoms in total. The summed E-state index contributed by atoms with van der Waals surface area (Å²) in [4.78, 5) is 0. The third-order valence-corrected chi connectivity index (χ3v) is 11.3. The number of nitrogens with zero attached hydrogens (tertiary/aromatic N) is 1. The molecule has 0 aromatic heterocycles. The quantitative estimate of drug-likeness (QED) is 0.655. The maximum atomic E-state index is 5.35. The normalized spacial score (nSPS) is 12.4. The average molecular weight is 284 g/mol. The smallest absolute Gasteiger partial charge is 0.671 e. The minimum Gasteiger partial charge on any atom is -0.671 e. The van der Waals surface area contributed by atoms with E-state index in [-0.39, 0.29) is 51.4 Å².